The number of rotatable bonds is 4. The van der Waals surface area contributed by atoms with E-state index in [1.165, 1.54) is 0 Å². The number of morpholine rings is 1. The van der Waals surface area contributed by atoms with E-state index < -0.39 is 29.2 Å². The summed E-state index contributed by atoms with van der Waals surface area (Å²) in [4.78, 5) is 15.1. The van der Waals surface area contributed by atoms with Gasteiger partial charge in [-0.3, -0.25) is 4.79 Å². The van der Waals surface area contributed by atoms with Gasteiger partial charge in [-0.1, -0.05) is 12.1 Å². The van der Waals surface area contributed by atoms with Crippen molar-refractivity contribution in [3.63, 3.8) is 0 Å². The lowest BCUT2D eigenvalue weighted by atomic mass is 9.99. The zero-order valence-electron chi connectivity index (χ0n) is 17.5. The Kier molecular flexibility index (Phi) is 5.66. The normalized spacial score (nSPS) is 15.4. The van der Waals surface area contributed by atoms with Crippen molar-refractivity contribution in [3.8, 4) is 0 Å². The highest BCUT2D eigenvalue weighted by Gasteiger charge is 2.24. The highest BCUT2D eigenvalue weighted by molar-refractivity contribution is 5.86. The van der Waals surface area contributed by atoms with Crippen LogP contribution in [0.1, 0.15) is 29.7 Å². The lowest BCUT2D eigenvalue weighted by molar-refractivity contribution is 0.120. The molecule has 0 amide bonds. The molecule has 1 atom stereocenters. The van der Waals surface area contributed by atoms with Crippen LogP contribution in [-0.4, -0.2) is 26.3 Å². The maximum Gasteiger partial charge on any atom is 0.203 e. The van der Waals surface area contributed by atoms with Crippen molar-refractivity contribution >= 4 is 22.5 Å². The number of ether oxygens (including phenoxy) is 1. The first-order valence-electron chi connectivity index (χ1n) is 10.1. The zero-order chi connectivity index (χ0) is 22.3. The minimum absolute atomic E-state index is 0.155. The van der Waals surface area contributed by atoms with Gasteiger partial charge in [-0.15, -0.1) is 0 Å². The third-order valence-corrected chi connectivity index (χ3v) is 5.65. The SMILES string of the molecule is Cc1c(N2CCOCC2)oc2c(C(C)Nc3c(F)ccc(F)c3F)ccc(C)c2c1=O. The second kappa shape index (κ2) is 8.26. The van der Waals surface area contributed by atoms with Gasteiger partial charge in [0.05, 0.1) is 30.2 Å². The molecule has 1 fully saturated rings. The molecular weight excluding hydrogens is 409 g/mol. The number of benzene rings is 2. The third kappa shape index (κ3) is 3.76. The van der Waals surface area contributed by atoms with Crippen LogP contribution in [0.2, 0.25) is 0 Å². The van der Waals surface area contributed by atoms with Crippen LogP contribution >= 0.6 is 0 Å². The van der Waals surface area contributed by atoms with Gasteiger partial charge in [-0.05, 0) is 38.5 Å². The molecule has 1 saturated heterocycles. The van der Waals surface area contributed by atoms with Crippen LogP contribution in [0.4, 0.5) is 24.7 Å². The molecule has 1 aliphatic rings. The maximum absolute atomic E-state index is 14.2. The molecule has 0 aliphatic carbocycles. The van der Waals surface area contributed by atoms with Crippen molar-refractivity contribution in [3.05, 3.63) is 68.6 Å². The molecule has 0 bridgehead atoms. The summed E-state index contributed by atoms with van der Waals surface area (Å²) >= 11 is 0. The van der Waals surface area contributed by atoms with Crippen LogP contribution in [0, 0.1) is 31.3 Å². The third-order valence-electron chi connectivity index (χ3n) is 5.65. The van der Waals surface area contributed by atoms with E-state index in [1.54, 1.807) is 32.9 Å². The van der Waals surface area contributed by atoms with Gasteiger partial charge in [0.15, 0.2) is 17.1 Å². The number of hydrogen-bond donors (Lipinski definition) is 1. The quantitative estimate of drug-likeness (QED) is 0.598. The molecule has 8 heteroatoms. The molecule has 2 heterocycles. The summed E-state index contributed by atoms with van der Waals surface area (Å²) in [5, 5.41) is 3.11. The molecule has 1 N–H and O–H groups in total. The van der Waals surface area contributed by atoms with E-state index in [1.807, 2.05) is 4.90 Å². The molecule has 31 heavy (non-hydrogen) atoms. The van der Waals surface area contributed by atoms with E-state index in [-0.39, 0.29) is 5.43 Å². The number of hydrogen-bond acceptors (Lipinski definition) is 5. The van der Waals surface area contributed by atoms with E-state index in [0.29, 0.717) is 54.3 Å². The number of fused-ring (bicyclic) bond motifs is 1. The van der Waals surface area contributed by atoms with Crippen LogP contribution < -0.4 is 15.6 Å². The van der Waals surface area contributed by atoms with Crippen molar-refractivity contribution < 1.29 is 22.3 Å². The molecular formula is C23H23F3N2O3. The fraction of sp³-hybridized carbons (Fsp3) is 0.348. The molecule has 0 spiro atoms. The zero-order valence-corrected chi connectivity index (χ0v) is 17.5. The number of aryl methyl sites for hydroxylation is 1. The van der Waals surface area contributed by atoms with E-state index >= 15 is 0 Å². The number of anilines is 2. The van der Waals surface area contributed by atoms with Crippen LogP contribution in [0.25, 0.3) is 11.0 Å². The van der Waals surface area contributed by atoms with E-state index in [9.17, 15) is 18.0 Å². The van der Waals surface area contributed by atoms with E-state index in [4.69, 9.17) is 9.15 Å². The Morgan fingerprint density at radius 2 is 1.71 bits per heavy atom. The van der Waals surface area contributed by atoms with Crippen molar-refractivity contribution in [1.82, 2.24) is 0 Å². The monoisotopic (exact) mass is 432 g/mol. The smallest absolute Gasteiger partial charge is 0.203 e. The highest BCUT2D eigenvalue weighted by Crippen LogP contribution is 2.33. The maximum atomic E-state index is 14.2. The molecule has 4 rings (SSSR count). The predicted molar refractivity (Wildman–Crippen MR) is 113 cm³/mol. The van der Waals surface area contributed by atoms with Crippen molar-refractivity contribution in [2.24, 2.45) is 0 Å². The summed E-state index contributed by atoms with van der Waals surface area (Å²) in [6.07, 6.45) is 0. The average Bonchev–Trinajstić information content (AvgIpc) is 2.76. The molecule has 3 aromatic rings. The first-order chi connectivity index (χ1) is 14.8. The highest BCUT2D eigenvalue weighted by atomic mass is 19.2. The minimum Gasteiger partial charge on any atom is -0.440 e. The van der Waals surface area contributed by atoms with E-state index in [0.717, 1.165) is 17.7 Å². The summed E-state index contributed by atoms with van der Waals surface area (Å²) < 4.78 is 53.6. The molecule has 0 radical (unpaired) electrons. The second-order valence-electron chi connectivity index (χ2n) is 7.72. The Hall–Kier alpha value is -3.00. The fourth-order valence-corrected chi connectivity index (χ4v) is 3.91. The summed E-state index contributed by atoms with van der Waals surface area (Å²) in [6, 6.07) is 4.43. The van der Waals surface area contributed by atoms with Gasteiger partial charge < -0.3 is 19.4 Å². The molecule has 1 aromatic heterocycles. The molecule has 0 saturated carbocycles. The Bertz CT molecular complexity index is 1200. The fourth-order valence-electron chi connectivity index (χ4n) is 3.91. The second-order valence-corrected chi connectivity index (χ2v) is 7.72. The van der Waals surface area contributed by atoms with Gasteiger partial charge in [0, 0.05) is 18.7 Å². The summed E-state index contributed by atoms with van der Waals surface area (Å²) in [5.74, 6) is -2.90. The number of nitrogens with one attached hydrogen (secondary N) is 1. The van der Waals surface area contributed by atoms with Crippen molar-refractivity contribution in [2.45, 2.75) is 26.8 Å². The van der Waals surface area contributed by atoms with Gasteiger partial charge in [-0.25, -0.2) is 13.2 Å². The van der Waals surface area contributed by atoms with Crippen LogP contribution in [0.5, 0.6) is 0 Å². The topological polar surface area (TPSA) is 54.7 Å². The molecule has 2 aromatic carbocycles. The lowest BCUT2D eigenvalue weighted by Gasteiger charge is -2.29. The van der Waals surface area contributed by atoms with Gasteiger partial charge in [0.25, 0.3) is 0 Å². The standard InChI is InChI=1S/C23H23F3N2O3/c1-12-4-5-15(14(3)27-20-17(25)7-6-16(24)19(20)26)22-18(12)21(29)13(2)23(31-22)28-8-10-30-11-9-28/h4-7,14,27H,8-11H2,1-3H3. The summed E-state index contributed by atoms with van der Waals surface area (Å²) in [7, 11) is 0. The van der Waals surface area contributed by atoms with Gasteiger partial charge in [0.1, 0.15) is 17.1 Å². The summed E-state index contributed by atoms with van der Waals surface area (Å²) in [6.45, 7) is 7.42. The molecule has 5 nitrogen and oxygen atoms in total. The van der Waals surface area contributed by atoms with Crippen molar-refractivity contribution in [1.29, 1.82) is 0 Å². The lowest BCUT2D eigenvalue weighted by Crippen LogP contribution is -2.37. The number of nitrogens with zero attached hydrogens (tertiary/aromatic N) is 1. The van der Waals surface area contributed by atoms with Gasteiger partial charge in [0.2, 0.25) is 5.88 Å². The Labute approximate surface area is 177 Å². The van der Waals surface area contributed by atoms with Gasteiger partial charge in [-0.2, -0.15) is 0 Å². The van der Waals surface area contributed by atoms with Crippen LogP contribution in [0.3, 0.4) is 0 Å². The molecule has 164 valence electrons. The largest absolute Gasteiger partial charge is 0.440 e. The Morgan fingerprint density at radius 1 is 1.03 bits per heavy atom. The minimum atomic E-state index is -1.30. The number of halogens is 3. The molecule has 1 unspecified atom stereocenters. The van der Waals surface area contributed by atoms with Crippen LogP contribution in [-0.2, 0) is 4.74 Å². The first-order valence-corrected chi connectivity index (χ1v) is 10.1. The van der Waals surface area contributed by atoms with Crippen molar-refractivity contribution in [2.75, 3.05) is 36.5 Å². The predicted octanol–water partition coefficient (Wildman–Crippen LogP) is 4.84. The first kappa shape index (κ1) is 21.2. The summed E-state index contributed by atoms with van der Waals surface area (Å²) in [5.41, 5.74) is 1.39. The molecule has 1 aliphatic heterocycles. The Morgan fingerprint density at radius 3 is 2.42 bits per heavy atom. The average molecular weight is 432 g/mol. The van der Waals surface area contributed by atoms with Crippen LogP contribution in [0.15, 0.2) is 33.5 Å². The van der Waals surface area contributed by atoms with Gasteiger partial charge >= 0.3 is 0 Å². The Balaban J connectivity index is 1.84. The van der Waals surface area contributed by atoms with E-state index in [2.05, 4.69) is 5.32 Å².